The number of halogens is 2. The van der Waals surface area contributed by atoms with Gasteiger partial charge in [0.15, 0.2) is 5.82 Å². The summed E-state index contributed by atoms with van der Waals surface area (Å²) in [7, 11) is 5.56. The maximum absolute atomic E-state index is 15.0. The van der Waals surface area contributed by atoms with E-state index >= 15 is 4.39 Å². The standard InChI is InChI=1S/C31H35ClFN7O2/c1-19(2)40-11-9-31(40)8-10-38(18-31)25-15-21(17-34-29(25)36(3)4)27-28(41)22(16-26(33)35-27)20-6-7-24(23(32)14-20)39-13-12-37(5)30(39)42/h6-7,12-17,19,41H,8-11,18H2,1-5H3. The Bertz CT molecular complexity index is 1730. The molecule has 11 heteroatoms. The van der Waals surface area contributed by atoms with Crippen molar-refractivity contribution in [2.45, 2.75) is 38.3 Å². The highest BCUT2D eigenvalue weighted by Crippen LogP contribution is 2.45. The first-order valence-corrected chi connectivity index (χ1v) is 14.5. The molecule has 1 spiro atoms. The number of benzene rings is 1. The lowest BCUT2D eigenvalue weighted by atomic mass is 9.82. The maximum atomic E-state index is 15.0. The minimum absolute atomic E-state index is 0.102. The van der Waals surface area contributed by atoms with Crippen LogP contribution in [0.2, 0.25) is 5.02 Å². The third kappa shape index (κ3) is 4.62. The molecule has 4 aromatic rings. The Morgan fingerprint density at radius 1 is 1.07 bits per heavy atom. The van der Waals surface area contributed by atoms with Crippen molar-refractivity contribution >= 4 is 23.1 Å². The Hall–Kier alpha value is -3.89. The van der Waals surface area contributed by atoms with E-state index in [0.717, 1.165) is 37.6 Å². The molecule has 0 radical (unpaired) electrons. The quantitative estimate of drug-likeness (QED) is 0.319. The van der Waals surface area contributed by atoms with Gasteiger partial charge in [-0.2, -0.15) is 4.39 Å². The molecule has 1 atom stereocenters. The molecule has 0 bridgehead atoms. The van der Waals surface area contributed by atoms with Gasteiger partial charge in [-0.25, -0.2) is 14.8 Å². The minimum Gasteiger partial charge on any atom is -0.505 e. The number of imidazole rings is 1. The lowest BCUT2D eigenvalue weighted by Crippen LogP contribution is -2.63. The van der Waals surface area contributed by atoms with Crippen molar-refractivity contribution in [2.75, 3.05) is 43.5 Å². The maximum Gasteiger partial charge on any atom is 0.332 e. The van der Waals surface area contributed by atoms with Crippen LogP contribution in [0.5, 0.6) is 5.75 Å². The van der Waals surface area contributed by atoms with Gasteiger partial charge in [0.25, 0.3) is 0 Å². The van der Waals surface area contributed by atoms with Crippen LogP contribution in [0, 0.1) is 5.95 Å². The number of hydrogen-bond donors (Lipinski definition) is 1. The van der Waals surface area contributed by atoms with Crippen molar-refractivity contribution < 1.29 is 9.50 Å². The molecule has 2 saturated heterocycles. The predicted molar refractivity (Wildman–Crippen MR) is 164 cm³/mol. The van der Waals surface area contributed by atoms with Gasteiger partial charge in [-0.15, -0.1) is 0 Å². The lowest BCUT2D eigenvalue weighted by molar-refractivity contribution is -0.0237. The van der Waals surface area contributed by atoms with E-state index in [1.807, 2.05) is 25.1 Å². The summed E-state index contributed by atoms with van der Waals surface area (Å²) in [5, 5.41) is 11.7. The Morgan fingerprint density at radius 3 is 2.45 bits per heavy atom. The SMILES string of the molecule is CC(C)N1CCC12CCN(c1cc(-c3nc(F)cc(-c4ccc(-n5ccn(C)c5=O)c(Cl)c4)c3O)cnc1N(C)C)C2. The molecule has 0 saturated carbocycles. The second-order valence-corrected chi connectivity index (χ2v) is 12.2. The fraction of sp³-hybridized carbons (Fsp3) is 0.387. The van der Waals surface area contributed by atoms with E-state index in [4.69, 9.17) is 16.6 Å². The molecule has 220 valence electrons. The van der Waals surface area contributed by atoms with Crippen molar-refractivity contribution in [1.82, 2.24) is 24.0 Å². The molecule has 2 fully saturated rings. The number of rotatable bonds is 6. The van der Waals surface area contributed by atoms with Gasteiger partial charge >= 0.3 is 5.69 Å². The Morgan fingerprint density at radius 2 is 1.83 bits per heavy atom. The largest absolute Gasteiger partial charge is 0.505 e. The molecular formula is C31H35ClFN7O2. The van der Waals surface area contributed by atoms with Crippen LogP contribution in [0.4, 0.5) is 15.9 Å². The summed E-state index contributed by atoms with van der Waals surface area (Å²) in [4.78, 5) is 28.1. The Labute approximate surface area is 249 Å². The fourth-order valence-electron chi connectivity index (χ4n) is 6.46. The van der Waals surface area contributed by atoms with Crippen molar-refractivity contribution in [3.63, 3.8) is 0 Å². The van der Waals surface area contributed by atoms with Crippen LogP contribution in [-0.4, -0.2) is 74.4 Å². The number of aryl methyl sites for hydroxylation is 1. The molecule has 6 rings (SSSR count). The number of anilines is 2. The van der Waals surface area contributed by atoms with E-state index in [0.29, 0.717) is 22.9 Å². The van der Waals surface area contributed by atoms with Gasteiger partial charge in [-0.3, -0.25) is 9.47 Å². The molecule has 9 nitrogen and oxygen atoms in total. The topological polar surface area (TPSA) is 82.7 Å². The second-order valence-electron chi connectivity index (χ2n) is 11.8. The van der Waals surface area contributed by atoms with Gasteiger partial charge < -0.3 is 19.5 Å². The molecule has 1 unspecified atom stereocenters. The zero-order valence-electron chi connectivity index (χ0n) is 24.5. The van der Waals surface area contributed by atoms with Crippen LogP contribution in [0.3, 0.4) is 0 Å². The summed E-state index contributed by atoms with van der Waals surface area (Å²) in [5.41, 5.74) is 2.69. The summed E-state index contributed by atoms with van der Waals surface area (Å²) in [6.45, 7) is 7.38. The minimum atomic E-state index is -0.738. The van der Waals surface area contributed by atoms with Crippen molar-refractivity contribution in [1.29, 1.82) is 0 Å². The second kappa shape index (κ2) is 10.4. The van der Waals surface area contributed by atoms with Gasteiger partial charge in [0.2, 0.25) is 5.95 Å². The van der Waals surface area contributed by atoms with Gasteiger partial charge in [-0.1, -0.05) is 17.7 Å². The zero-order valence-corrected chi connectivity index (χ0v) is 25.2. The Kier molecular flexibility index (Phi) is 7.01. The monoisotopic (exact) mass is 591 g/mol. The first-order chi connectivity index (χ1) is 20.0. The number of likely N-dealkylation sites (tertiary alicyclic amines) is 1. The summed E-state index contributed by atoms with van der Waals surface area (Å²) in [5.74, 6) is -0.108. The molecule has 1 aromatic carbocycles. The van der Waals surface area contributed by atoms with Crippen molar-refractivity contribution in [3.05, 3.63) is 70.4 Å². The molecule has 3 aromatic heterocycles. The number of pyridine rings is 2. The number of aromatic nitrogens is 4. The molecule has 1 N–H and O–H groups in total. The fourth-order valence-corrected chi connectivity index (χ4v) is 6.73. The molecule has 5 heterocycles. The highest BCUT2D eigenvalue weighted by molar-refractivity contribution is 6.32. The zero-order chi connectivity index (χ0) is 29.9. The Balaban J connectivity index is 1.38. The van der Waals surface area contributed by atoms with Crippen LogP contribution in [-0.2, 0) is 7.05 Å². The van der Waals surface area contributed by atoms with Gasteiger partial charge in [0.05, 0.1) is 16.4 Å². The summed E-state index contributed by atoms with van der Waals surface area (Å²) < 4.78 is 17.9. The third-order valence-corrected chi connectivity index (χ3v) is 9.00. The first kappa shape index (κ1) is 28.2. The molecule has 0 aliphatic carbocycles. The number of aromatic hydroxyl groups is 1. The van der Waals surface area contributed by atoms with E-state index in [-0.39, 0.29) is 33.3 Å². The van der Waals surface area contributed by atoms with E-state index < -0.39 is 5.95 Å². The molecule has 2 aliphatic heterocycles. The lowest BCUT2D eigenvalue weighted by Gasteiger charge is -2.53. The van der Waals surface area contributed by atoms with Crippen molar-refractivity contribution in [3.8, 4) is 33.8 Å². The average molecular weight is 592 g/mol. The molecule has 42 heavy (non-hydrogen) atoms. The first-order valence-electron chi connectivity index (χ1n) is 14.1. The molecule has 2 aliphatic rings. The predicted octanol–water partition coefficient (Wildman–Crippen LogP) is 4.93. The highest BCUT2D eigenvalue weighted by Gasteiger charge is 2.50. The average Bonchev–Trinajstić information content (AvgIpc) is 3.54. The normalized spacial score (nSPS) is 18.7. The van der Waals surface area contributed by atoms with Crippen LogP contribution < -0.4 is 15.5 Å². The van der Waals surface area contributed by atoms with E-state index in [1.54, 1.807) is 43.8 Å². The summed E-state index contributed by atoms with van der Waals surface area (Å²) in [6.07, 6.45) is 7.13. The molecular weight excluding hydrogens is 557 g/mol. The van der Waals surface area contributed by atoms with Gasteiger partial charge in [0, 0.05) is 88.1 Å². The summed E-state index contributed by atoms with van der Waals surface area (Å²) in [6, 6.07) is 8.59. The van der Waals surface area contributed by atoms with E-state index in [9.17, 15) is 9.90 Å². The highest BCUT2D eigenvalue weighted by atomic mass is 35.5. The third-order valence-electron chi connectivity index (χ3n) is 8.69. The van der Waals surface area contributed by atoms with Crippen LogP contribution >= 0.6 is 11.6 Å². The van der Waals surface area contributed by atoms with E-state index in [1.165, 1.54) is 21.6 Å². The van der Waals surface area contributed by atoms with Gasteiger partial charge in [0.1, 0.15) is 11.4 Å². The smallest absolute Gasteiger partial charge is 0.332 e. The van der Waals surface area contributed by atoms with Gasteiger partial charge in [-0.05, 0) is 50.5 Å². The number of nitrogens with zero attached hydrogens (tertiary/aromatic N) is 7. The van der Waals surface area contributed by atoms with Crippen LogP contribution in [0.15, 0.2) is 53.7 Å². The van der Waals surface area contributed by atoms with E-state index in [2.05, 4.69) is 28.6 Å². The van der Waals surface area contributed by atoms with Crippen LogP contribution in [0.25, 0.3) is 28.1 Å². The van der Waals surface area contributed by atoms with Crippen LogP contribution in [0.1, 0.15) is 26.7 Å². The number of hydrogen-bond acceptors (Lipinski definition) is 7. The molecule has 0 amide bonds. The summed E-state index contributed by atoms with van der Waals surface area (Å²) >= 11 is 6.57. The van der Waals surface area contributed by atoms with Crippen molar-refractivity contribution in [2.24, 2.45) is 7.05 Å².